The van der Waals surface area contributed by atoms with Crippen LogP contribution in [0.2, 0.25) is 0 Å². The van der Waals surface area contributed by atoms with Gasteiger partial charge in [-0.2, -0.15) is 0 Å². The van der Waals surface area contributed by atoms with Crippen molar-refractivity contribution in [3.8, 4) is 0 Å². The van der Waals surface area contributed by atoms with E-state index in [0.717, 1.165) is 18.4 Å². The summed E-state index contributed by atoms with van der Waals surface area (Å²) in [5.41, 5.74) is 0.312. The van der Waals surface area contributed by atoms with E-state index < -0.39 is 0 Å². The molecule has 0 heterocycles. The zero-order chi connectivity index (χ0) is 13.3. The van der Waals surface area contributed by atoms with Crippen molar-refractivity contribution in [2.75, 3.05) is 6.54 Å². The Morgan fingerprint density at radius 1 is 0.941 bits per heavy atom. The fraction of sp³-hybridized carbons (Fsp3) is 1.00. The Labute approximate surface area is 110 Å². The van der Waals surface area contributed by atoms with Crippen LogP contribution < -0.4 is 5.32 Å². The van der Waals surface area contributed by atoms with Crippen LogP contribution in [-0.4, -0.2) is 12.1 Å². The van der Waals surface area contributed by atoms with E-state index in [4.69, 9.17) is 0 Å². The van der Waals surface area contributed by atoms with Crippen molar-refractivity contribution >= 4 is 0 Å². The maximum Gasteiger partial charge on any atom is 0.0125 e. The second kappa shape index (κ2) is 8.97. The predicted molar refractivity (Wildman–Crippen MR) is 79.5 cm³/mol. The van der Waals surface area contributed by atoms with Crippen LogP contribution in [0.5, 0.6) is 0 Å². The average molecular weight is 241 g/mol. The van der Waals surface area contributed by atoms with E-state index in [9.17, 15) is 0 Å². The van der Waals surface area contributed by atoms with Gasteiger partial charge < -0.3 is 5.32 Å². The molecule has 17 heavy (non-hydrogen) atoms. The standard InChI is InChI=1S/C16H35N/c1-7-9-10-11-14(3)15(4)12-13-16(5,6)17-8-2/h14-15,17H,7-13H2,1-6H3. The molecule has 1 heteroatoms. The lowest BCUT2D eigenvalue weighted by Gasteiger charge is -2.29. The Kier molecular flexibility index (Phi) is 8.94. The SMILES string of the molecule is CCCCCC(C)C(C)CCC(C)(C)NCC. The van der Waals surface area contributed by atoms with E-state index in [1.807, 2.05) is 0 Å². The van der Waals surface area contributed by atoms with Gasteiger partial charge in [0.2, 0.25) is 0 Å². The third-order valence-electron chi connectivity index (χ3n) is 4.11. The summed E-state index contributed by atoms with van der Waals surface area (Å²) in [6.07, 6.45) is 8.22. The highest BCUT2D eigenvalue weighted by Gasteiger charge is 2.19. The van der Waals surface area contributed by atoms with E-state index in [0.29, 0.717) is 5.54 Å². The first kappa shape index (κ1) is 17.0. The van der Waals surface area contributed by atoms with E-state index >= 15 is 0 Å². The zero-order valence-corrected chi connectivity index (χ0v) is 13.1. The Morgan fingerprint density at radius 3 is 2.06 bits per heavy atom. The van der Waals surface area contributed by atoms with Crippen LogP contribution in [0.25, 0.3) is 0 Å². The topological polar surface area (TPSA) is 12.0 Å². The molecule has 1 N–H and O–H groups in total. The summed E-state index contributed by atoms with van der Waals surface area (Å²) in [6.45, 7) is 15.1. The second-order valence-corrected chi connectivity index (χ2v) is 6.40. The fourth-order valence-corrected chi connectivity index (χ4v) is 2.44. The van der Waals surface area contributed by atoms with Gasteiger partial charge in [-0.15, -0.1) is 0 Å². The molecule has 0 aliphatic heterocycles. The lowest BCUT2D eigenvalue weighted by atomic mass is 9.84. The summed E-state index contributed by atoms with van der Waals surface area (Å²) in [4.78, 5) is 0. The molecule has 0 saturated carbocycles. The van der Waals surface area contributed by atoms with Crippen LogP contribution in [0.1, 0.15) is 80.1 Å². The van der Waals surface area contributed by atoms with Gasteiger partial charge in [-0.1, -0.05) is 53.4 Å². The fourth-order valence-electron chi connectivity index (χ4n) is 2.44. The number of unbranched alkanes of at least 4 members (excludes halogenated alkanes) is 2. The lowest BCUT2D eigenvalue weighted by molar-refractivity contribution is 0.277. The van der Waals surface area contributed by atoms with Gasteiger partial charge in [0.1, 0.15) is 0 Å². The number of nitrogens with one attached hydrogen (secondary N) is 1. The normalized spacial score (nSPS) is 15.9. The van der Waals surface area contributed by atoms with Gasteiger partial charge >= 0.3 is 0 Å². The van der Waals surface area contributed by atoms with Crippen LogP contribution in [-0.2, 0) is 0 Å². The molecule has 2 unspecified atom stereocenters. The summed E-state index contributed by atoms with van der Waals surface area (Å²) in [6, 6.07) is 0. The third kappa shape index (κ3) is 8.65. The van der Waals surface area contributed by atoms with Crippen LogP contribution in [0.4, 0.5) is 0 Å². The molecule has 0 bridgehead atoms. The number of rotatable bonds is 10. The molecule has 0 rings (SSSR count). The quantitative estimate of drug-likeness (QED) is 0.530. The van der Waals surface area contributed by atoms with Crippen molar-refractivity contribution in [3.05, 3.63) is 0 Å². The largest absolute Gasteiger partial charge is 0.312 e. The Morgan fingerprint density at radius 2 is 1.53 bits per heavy atom. The van der Waals surface area contributed by atoms with Crippen LogP contribution in [0.3, 0.4) is 0 Å². The smallest absolute Gasteiger partial charge is 0.0125 e. The van der Waals surface area contributed by atoms with E-state index in [2.05, 4.69) is 46.9 Å². The van der Waals surface area contributed by atoms with Crippen LogP contribution in [0.15, 0.2) is 0 Å². The molecule has 1 nitrogen and oxygen atoms in total. The summed E-state index contributed by atoms with van der Waals surface area (Å²) in [5.74, 6) is 1.75. The summed E-state index contributed by atoms with van der Waals surface area (Å²) >= 11 is 0. The van der Waals surface area contributed by atoms with Crippen LogP contribution >= 0.6 is 0 Å². The summed E-state index contributed by atoms with van der Waals surface area (Å²) in [7, 11) is 0. The summed E-state index contributed by atoms with van der Waals surface area (Å²) < 4.78 is 0. The van der Waals surface area contributed by atoms with Crippen molar-refractivity contribution < 1.29 is 0 Å². The monoisotopic (exact) mass is 241 g/mol. The third-order valence-corrected chi connectivity index (χ3v) is 4.11. The van der Waals surface area contributed by atoms with Gasteiger partial charge in [-0.05, 0) is 45.1 Å². The van der Waals surface area contributed by atoms with E-state index in [-0.39, 0.29) is 0 Å². The minimum absolute atomic E-state index is 0.312. The second-order valence-electron chi connectivity index (χ2n) is 6.40. The lowest BCUT2D eigenvalue weighted by Crippen LogP contribution is -2.39. The molecule has 0 aliphatic rings. The predicted octanol–water partition coefficient (Wildman–Crippen LogP) is 5.01. The number of hydrogen-bond donors (Lipinski definition) is 1. The first-order chi connectivity index (χ1) is 7.93. The van der Waals surface area contributed by atoms with E-state index in [1.165, 1.54) is 38.5 Å². The molecule has 0 saturated heterocycles. The molecule has 2 atom stereocenters. The van der Waals surface area contributed by atoms with Gasteiger partial charge in [0.25, 0.3) is 0 Å². The van der Waals surface area contributed by atoms with Gasteiger partial charge in [-0.3, -0.25) is 0 Å². The minimum Gasteiger partial charge on any atom is -0.312 e. The molecule has 104 valence electrons. The molecule has 0 fully saturated rings. The van der Waals surface area contributed by atoms with Gasteiger partial charge in [-0.25, -0.2) is 0 Å². The van der Waals surface area contributed by atoms with Crippen molar-refractivity contribution in [1.29, 1.82) is 0 Å². The van der Waals surface area contributed by atoms with Gasteiger partial charge in [0.05, 0.1) is 0 Å². The minimum atomic E-state index is 0.312. The molecular formula is C16H35N. The average Bonchev–Trinajstić information content (AvgIpc) is 2.26. The van der Waals surface area contributed by atoms with E-state index in [1.54, 1.807) is 0 Å². The van der Waals surface area contributed by atoms with Gasteiger partial charge in [0.15, 0.2) is 0 Å². The molecule has 0 aromatic heterocycles. The molecule has 0 spiro atoms. The molecular weight excluding hydrogens is 206 g/mol. The highest BCUT2D eigenvalue weighted by atomic mass is 14.9. The van der Waals surface area contributed by atoms with Gasteiger partial charge in [0, 0.05) is 5.54 Å². The first-order valence-corrected chi connectivity index (χ1v) is 7.68. The maximum atomic E-state index is 3.57. The highest BCUT2D eigenvalue weighted by Crippen LogP contribution is 2.25. The molecule has 0 aliphatic carbocycles. The van der Waals surface area contributed by atoms with Crippen molar-refractivity contribution in [3.63, 3.8) is 0 Å². The highest BCUT2D eigenvalue weighted by molar-refractivity contribution is 4.78. The number of hydrogen-bond acceptors (Lipinski definition) is 1. The molecule has 0 aromatic carbocycles. The van der Waals surface area contributed by atoms with Crippen molar-refractivity contribution in [1.82, 2.24) is 5.32 Å². The Hall–Kier alpha value is -0.0400. The zero-order valence-electron chi connectivity index (χ0n) is 13.1. The van der Waals surface area contributed by atoms with Crippen molar-refractivity contribution in [2.24, 2.45) is 11.8 Å². The molecule has 0 aromatic rings. The first-order valence-electron chi connectivity index (χ1n) is 7.68. The van der Waals surface area contributed by atoms with Crippen LogP contribution in [0, 0.1) is 11.8 Å². The Bertz CT molecular complexity index is 174. The Balaban J connectivity index is 3.79. The summed E-state index contributed by atoms with van der Waals surface area (Å²) in [5, 5.41) is 3.57. The molecule has 0 amide bonds. The van der Waals surface area contributed by atoms with Crippen molar-refractivity contribution in [2.45, 2.75) is 85.6 Å². The molecule has 0 radical (unpaired) electrons. The maximum absolute atomic E-state index is 3.57.